The van der Waals surface area contributed by atoms with Gasteiger partial charge < -0.3 is 5.32 Å². The molecule has 14 heavy (non-hydrogen) atoms. The maximum Gasteiger partial charge on any atom is 0.110 e. The molecule has 0 saturated heterocycles. The Morgan fingerprint density at radius 1 is 1.50 bits per heavy atom. The van der Waals surface area contributed by atoms with Gasteiger partial charge in [0.15, 0.2) is 0 Å². The van der Waals surface area contributed by atoms with Gasteiger partial charge in [-0.15, -0.1) is 11.3 Å². The lowest BCUT2D eigenvalue weighted by Crippen LogP contribution is -2.22. The Morgan fingerprint density at radius 3 is 2.64 bits per heavy atom. The van der Waals surface area contributed by atoms with Gasteiger partial charge in [-0.1, -0.05) is 20.8 Å². The van der Waals surface area contributed by atoms with E-state index in [1.165, 1.54) is 11.4 Å². The number of thiazole rings is 1. The minimum atomic E-state index is 0.443. The summed E-state index contributed by atoms with van der Waals surface area (Å²) >= 11 is 1.77. The molecular formula is C11H20N2S. The summed E-state index contributed by atoms with van der Waals surface area (Å²) in [4.78, 5) is 4.54. The maximum absolute atomic E-state index is 4.54. The topological polar surface area (TPSA) is 24.9 Å². The van der Waals surface area contributed by atoms with E-state index < -0.39 is 0 Å². The molecule has 0 aliphatic heterocycles. The van der Waals surface area contributed by atoms with Gasteiger partial charge in [0.25, 0.3) is 0 Å². The Bertz CT molecular complexity index is 268. The highest BCUT2D eigenvalue weighted by Gasteiger charge is 2.14. The quantitative estimate of drug-likeness (QED) is 0.811. The molecular weight excluding hydrogens is 192 g/mol. The van der Waals surface area contributed by atoms with Crippen LogP contribution in [0.25, 0.3) is 0 Å². The third-order valence-electron chi connectivity index (χ3n) is 2.09. The molecule has 0 aromatic carbocycles. The van der Waals surface area contributed by atoms with Crippen LogP contribution < -0.4 is 5.32 Å². The summed E-state index contributed by atoms with van der Waals surface area (Å²) < 4.78 is 0. The van der Waals surface area contributed by atoms with Crippen LogP contribution >= 0.6 is 11.3 Å². The predicted molar refractivity (Wildman–Crippen MR) is 62.7 cm³/mol. The van der Waals surface area contributed by atoms with E-state index in [0.717, 1.165) is 12.2 Å². The molecule has 1 heterocycles. The summed E-state index contributed by atoms with van der Waals surface area (Å²) in [5, 5.41) is 6.85. The Hall–Kier alpha value is -0.410. The van der Waals surface area contributed by atoms with Crippen LogP contribution in [0.3, 0.4) is 0 Å². The van der Waals surface area contributed by atoms with Crippen molar-refractivity contribution in [1.29, 1.82) is 0 Å². The minimum Gasteiger partial charge on any atom is -0.308 e. The molecule has 0 amide bonds. The molecule has 0 radical (unpaired) electrons. The molecule has 0 bridgehead atoms. The van der Waals surface area contributed by atoms with Crippen LogP contribution in [0.1, 0.15) is 43.9 Å². The number of rotatable bonds is 5. The molecule has 0 aliphatic rings. The molecule has 1 rings (SSSR count). The van der Waals surface area contributed by atoms with E-state index in [0.29, 0.717) is 12.0 Å². The van der Waals surface area contributed by atoms with Crippen LogP contribution in [0.5, 0.6) is 0 Å². The Morgan fingerprint density at radius 2 is 2.21 bits per heavy atom. The predicted octanol–water partition coefficient (Wildman–Crippen LogP) is 3.15. The molecule has 2 nitrogen and oxygen atoms in total. The third-order valence-corrected chi connectivity index (χ3v) is 3.17. The van der Waals surface area contributed by atoms with Gasteiger partial charge in [-0.25, -0.2) is 4.98 Å². The Balaban J connectivity index is 2.66. The number of nitrogens with one attached hydrogen (secondary N) is 1. The van der Waals surface area contributed by atoms with Crippen LogP contribution in [0.15, 0.2) is 5.38 Å². The lowest BCUT2D eigenvalue weighted by atomic mass is 10.0. The highest BCUT2D eigenvalue weighted by Crippen LogP contribution is 2.24. The number of nitrogens with zero attached hydrogens (tertiary/aromatic N) is 1. The van der Waals surface area contributed by atoms with Gasteiger partial charge in [0.1, 0.15) is 5.01 Å². The van der Waals surface area contributed by atoms with Gasteiger partial charge in [-0.05, 0) is 25.8 Å². The van der Waals surface area contributed by atoms with Crippen molar-refractivity contribution in [3.8, 4) is 0 Å². The van der Waals surface area contributed by atoms with Gasteiger partial charge in [-0.2, -0.15) is 0 Å². The summed E-state index contributed by atoms with van der Waals surface area (Å²) in [6.07, 6.45) is 1.17. The van der Waals surface area contributed by atoms with Crippen LogP contribution in [0.2, 0.25) is 0 Å². The fraction of sp³-hybridized carbons (Fsp3) is 0.727. The maximum atomic E-state index is 4.54. The molecule has 1 aromatic rings. The van der Waals surface area contributed by atoms with Crippen molar-refractivity contribution in [2.45, 2.75) is 40.2 Å². The molecule has 1 aromatic heterocycles. The van der Waals surface area contributed by atoms with Gasteiger partial charge in [0.05, 0.1) is 6.04 Å². The number of hydrogen-bond donors (Lipinski definition) is 1. The molecule has 3 heteroatoms. The first kappa shape index (κ1) is 11.7. The van der Waals surface area contributed by atoms with E-state index >= 15 is 0 Å². The van der Waals surface area contributed by atoms with Gasteiger partial charge in [-0.3, -0.25) is 0 Å². The minimum absolute atomic E-state index is 0.443. The van der Waals surface area contributed by atoms with Crippen LogP contribution in [-0.2, 0) is 0 Å². The zero-order chi connectivity index (χ0) is 10.6. The molecule has 1 unspecified atom stereocenters. The molecule has 0 fully saturated rings. The second-order valence-corrected chi connectivity index (χ2v) is 4.96. The third kappa shape index (κ3) is 3.39. The van der Waals surface area contributed by atoms with Crippen molar-refractivity contribution >= 4 is 11.3 Å². The highest BCUT2D eigenvalue weighted by atomic mass is 32.1. The van der Waals surface area contributed by atoms with Crippen molar-refractivity contribution in [2.24, 2.45) is 5.92 Å². The largest absolute Gasteiger partial charge is 0.308 e. The summed E-state index contributed by atoms with van der Waals surface area (Å²) in [6, 6.07) is 0.443. The Labute approximate surface area is 90.8 Å². The number of hydrogen-bond acceptors (Lipinski definition) is 3. The van der Waals surface area contributed by atoms with E-state index in [9.17, 15) is 0 Å². The lowest BCUT2D eigenvalue weighted by molar-refractivity contribution is 0.437. The number of aryl methyl sites for hydroxylation is 1. The summed E-state index contributed by atoms with van der Waals surface area (Å²) in [5.41, 5.74) is 1.14. The second-order valence-electron chi connectivity index (χ2n) is 4.07. The summed E-state index contributed by atoms with van der Waals surface area (Å²) in [6.45, 7) is 9.72. The van der Waals surface area contributed by atoms with Crippen molar-refractivity contribution < 1.29 is 0 Å². The monoisotopic (exact) mass is 212 g/mol. The highest BCUT2D eigenvalue weighted by molar-refractivity contribution is 7.09. The van der Waals surface area contributed by atoms with E-state index in [2.05, 4.69) is 43.4 Å². The first-order valence-electron chi connectivity index (χ1n) is 5.28. The average molecular weight is 212 g/mol. The smallest absolute Gasteiger partial charge is 0.110 e. The molecule has 0 spiro atoms. The average Bonchev–Trinajstić information content (AvgIpc) is 2.50. The molecule has 80 valence electrons. The van der Waals surface area contributed by atoms with Crippen LogP contribution in [-0.4, -0.2) is 11.5 Å². The van der Waals surface area contributed by atoms with Crippen molar-refractivity contribution in [2.75, 3.05) is 6.54 Å². The normalized spacial score (nSPS) is 13.5. The Kier molecular flexibility index (Phi) is 4.55. The molecule has 1 atom stereocenters. The first-order chi connectivity index (χ1) is 6.63. The van der Waals surface area contributed by atoms with Gasteiger partial charge in [0, 0.05) is 11.1 Å². The number of aromatic nitrogens is 1. The SMILES string of the molecule is CCNC(CC(C)C)c1nc(C)cs1. The van der Waals surface area contributed by atoms with Crippen molar-refractivity contribution in [3.05, 3.63) is 16.1 Å². The first-order valence-corrected chi connectivity index (χ1v) is 6.16. The zero-order valence-corrected chi connectivity index (χ0v) is 10.3. The van der Waals surface area contributed by atoms with E-state index in [1.807, 2.05) is 0 Å². The van der Waals surface area contributed by atoms with Crippen LogP contribution in [0, 0.1) is 12.8 Å². The summed E-state index contributed by atoms with van der Waals surface area (Å²) in [5.74, 6) is 0.711. The van der Waals surface area contributed by atoms with Crippen molar-refractivity contribution in [1.82, 2.24) is 10.3 Å². The standard InChI is InChI=1S/C11H20N2S/c1-5-12-10(6-8(2)3)11-13-9(4)7-14-11/h7-8,10,12H,5-6H2,1-4H3. The molecule has 1 N–H and O–H groups in total. The van der Waals surface area contributed by atoms with E-state index in [4.69, 9.17) is 0 Å². The second kappa shape index (κ2) is 5.47. The molecule has 0 aliphatic carbocycles. The van der Waals surface area contributed by atoms with Gasteiger partial charge >= 0.3 is 0 Å². The van der Waals surface area contributed by atoms with Gasteiger partial charge in [0.2, 0.25) is 0 Å². The fourth-order valence-electron chi connectivity index (χ4n) is 1.52. The van der Waals surface area contributed by atoms with E-state index in [-0.39, 0.29) is 0 Å². The summed E-state index contributed by atoms with van der Waals surface area (Å²) in [7, 11) is 0. The lowest BCUT2D eigenvalue weighted by Gasteiger charge is -2.17. The van der Waals surface area contributed by atoms with Crippen LogP contribution in [0.4, 0.5) is 0 Å². The molecule has 0 saturated carbocycles. The van der Waals surface area contributed by atoms with Crippen molar-refractivity contribution in [3.63, 3.8) is 0 Å². The van der Waals surface area contributed by atoms with E-state index in [1.54, 1.807) is 11.3 Å². The zero-order valence-electron chi connectivity index (χ0n) is 9.50. The fourth-order valence-corrected chi connectivity index (χ4v) is 2.41.